The molecule has 3 nitrogen and oxygen atoms in total. The molecule has 0 bridgehead atoms. The number of benzene rings is 2. The van der Waals surface area contributed by atoms with Crippen LogP contribution in [0, 0.1) is 13.8 Å². The molecule has 20 heavy (non-hydrogen) atoms. The van der Waals surface area contributed by atoms with Crippen molar-refractivity contribution in [2.24, 2.45) is 0 Å². The van der Waals surface area contributed by atoms with Crippen molar-refractivity contribution < 1.29 is 14.3 Å². The second kappa shape index (κ2) is 4.53. The van der Waals surface area contributed by atoms with Gasteiger partial charge in [-0.05, 0) is 43.7 Å². The number of furan rings is 1. The maximum absolute atomic E-state index is 11.2. The topological polar surface area (TPSA) is 50.4 Å². The van der Waals surface area contributed by atoms with E-state index in [0.717, 1.165) is 22.1 Å². The van der Waals surface area contributed by atoms with Crippen LogP contribution in [0.15, 0.2) is 46.9 Å². The summed E-state index contributed by atoms with van der Waals surface area (Å²) in [5, 5.41) is 10.2. The SMILES string of the molecule is Cc1ccc2oc(-c3cccc(C(=O)O)c3C)cc2c1. The molecule has 0 aliphatic rings. The van der Waals surface area contributed by atoms with E-state index in [0.29, 0.717) is 11.3 Å². The Balaban J connectivity index is 2.20. The zero-order valence-corrected chi connectivity index (χ0v) is 11.3. The van der Waals surface area contributed by atoms with Crippen molar-refractivity contribution in [3.63, 3.8) is 0 Å². The first-order valence-electron chi connectivity index (χ1n) is 6.40. The fourth-order valence-corrected chi connectivity index (χ4v) is 2.43. The molecule has 3 heteroatoms. The summed E-state index contributed by atoms with van der Waals surface area (Å²) in [7, 11) is 0. The largest absolute Gasteiger partial charge is 0.478 e. The number of fused-ring (bicyclic) bond motifs is 1. The standard InChI is InChI=1S/C17H14O3/c1-10-6-7-15-12(8-10)9-16(20-15)13-4-3-5-14(11(13)2)17(18)19/h3-9H,1-2H3,(H,18,19). The summed E-state index contributed by atoms with van der Waals surface area (Å²) in [6.07, 6.45) is 0. The Morgan fingerprint density at radius 3 is 2.65 bits per heavy atom. The molecule has 0 fully saturated rings. The van der Waals surface area contributed by atoms with Crippen molar-refractivity contribution in [2.75, 3.05) is 0 Å². The van der Waals surface area contributed by atoms with Gasteiger partial charge in [0.25, 0.3) is 0 Å². The maximum Gasteiger partial charge on any atom is 0.335 e. The highest BCUT2D eigenvalue weighted by molar-refractivity contribution is 5.92. The van der Waals surface area contributed by atoms with Crippen molar-refractivity contribution in [3.8, 4) is 11.3 Å². The Hall–Kier alpha value is -2.55. The van der Waals surface area contributed by atoms with Gasteiger partial charge in [0.2, 0.25) is 0 Å². The molecule has 0 amide bonds. The van der Waals surface area contributed by atoms with Crippen LogP contribution in [0.3, 0.4) is 0 Å². The van der Waals surface area contributed by atoms with Crippen LogP contribution >= 0.6 is 0 Å². The van der Waals surface area contributed by atoms with E-state index in [2.05, 4.69) is 6.07 Å². The van der Waals surface area contributed by atoms with Crippen molar-refractivity contribution >= 4 is 16.9 Å². The van der Waals surface area contributed by atoms with Gasteiger partial charge in [-0.25, -0.2) is 4.79 Å². The van der Waals surface area contributed by atoms with Crippen LogP contribution in [0.4, 0.5) is 0 Å². The minimum Gasteiger partial charge on any atom is -0.478 e. The van der Waals surface area contributed by atoms with Crippen LogP contribution in [0.2, 0.25) is 0 Å². The molecule has 0 saturated carbocycles. The number of hydrogen-bond acceptors (Lipinski definition) is 2. The summed E-state index contributed by atoms with van der Waals surface area (Å²) < 4.78 is 5.83. The molecule has 0 radical (unpaired) electrons. The van der Waals surface area contributed by atoms with Gasteiger partial charge in [0, 0.05) is 10.9 Å². The van der Waals surface area contributed by atoms with Gasteiger partial charge >= 0.3 is 5.97 Å². The summed E-state index contributed by atoms with van der Waals surface area (Å²) in [5.41, 5.74) is 3.82. The van der Waals surface area contributed by atoms with Gasteiger partial charge in [0.1, 0.15) is 11.3 Å². The van der Waals surface area contributed by atoms with Crippen molar-refractivity contribution in [1.29, 1.82) is 0 Å². The number of carbonyl (C=O) groups is 1. The third-order valence-electron chi connectivity index (χ3n) is 3.50. The van der Waals surface area contributed by atoms with E-state index in [1.807, 2.05) is 31.2 Å². The summed E-state index contributed by atoms with van der Waals surface area (Å²) in [5.74, 6) is -0.220. The molecular formula is C17H14O3. The van der Waals surface area contributed by atoms with E-state index in [9.17, 15) is 9.90 Å². The molecule has 0 aliphatic carbocycles. The lowest BCUT2D eigenvalue weighted by molar-refractivity contribution is 0.0696. The molecule has 0 unspecified atom stereocenters. The lowest BCUT2D eigenvalue weighted by Gasteiger charge is -2.05. The molecule has 3 rings (SSSR count). The van der Waals surface area contributed by atoms with Gasteiger partial charge in [-0.15, -0.1) is 0 Å². The van der Waals surface area contributed by atoms with Gasteiger partial charge in [-0.2, -0.15) is 0 Å². The van der Waals surface area contributed by atoms with Crippen molar-refractivity contribution in [3.05, 3.63) is 59.2 Å². The second-order valence-electron chi connectivity index (χ2n) is 4.94. The van der Waals surface area contributed by atoms with Gasteiger partial charge < -0.3 is 9.52 Å². The van der Waals surface area contributed by atoms with Gasteiger partial charge in [-0.3, -0.25) is 0 Å². The maximum atomic E-state index is 11.2. The summed E-state index contributed by atoms with van der Waals surface area (Å²) >= 11 is 0. The molecule has 100 valence electrons. The Morgan fingerprint density at radius 1 is 1.10 bits per heavy atom. The van der Waals surface area contributed by atoms with Crippen LogP contribution in [-0.2, 0) is 0 Å². The first-order chi connectivity index (χ1) is 9.56. The Bertz CT molecular complexity index is 812. The Labute approximate surface area is 116 Å². The first-order valence-corrected chi connectivity index (χ1v) is 6.40. The van der Waals surface area contributed by atoms with Crippen LogP contribution in [-0.4, -0.2) is 11.1 Å². The zero-order valence-electron chi connectivity index (χ0n) is 11.3. The van der Waals surface area contributed by atoms with Gasteiger partial charge in [-0.1, -0.05) is 23.8 Å². The van der Waals surface area contributed by atoms with Crippen LogP contribution < -0.4 is 0 Å². The smallest absolute Gasteiger partial charge is 0.335 e. The Kier molecular flexibility index (Phi) is 2.83. The van der Waals surface area contributed by atoms with Crippen molar-refractivity contribution in [1.82, 2.24) is 0 Å². The molecule has 0 saturated heterocycles. The van der Waals surface area contributed by atoms with Crippen LogP contribution in [0.5, 0.6) is 0 Å². The van der Waals surface area contributed by atoms with Gasteiger partial charge in [0.05, 0.1) is 5.56 Å². The molecule has 0 spiro atoms. The molecule has 0 aliphatic heterocycles. The van der Waals surface area contributed by atoms with E-state index in [1.54, 1.807) is 19.1 Å². The normalized spacial score (nSPS) is 10.9. The highest BCUT2D eigenvalue weighted by atomic mass is 16.4. The summed E-state index contributed by atoms with van der Waals surface area (Å²) in [6.45, 7) is 3.83. The quantitative estimate of drug-likeness (QED) is 0.747. The van der Waals surface area contributed by atoms with E-state index in [1.165, 1.54) is 5.56 Å². The van der Waals surface area contributed by atoms with E-state index in [-0.39, 0.29) is 0 Å². The number of aromatic carboxylic acids is 1. The number of hydrogen-bond donors (Lipinski definition) is 1. The average Bonchev–Trinajstić information content (AvgIpc) is 2.81. The lowest BCUT2D eigenvalue weighted by atomic mass is 10.0. The monoisotopic (exact) mass is 266 g/mol. The second-order valence-corrected chi connectivity index (χ2v) is 4.94. The number of carboxylic acid groups (broad SMARTS) is 1. The molecular weight excluding hydrogens is 252 g/mol. The summed E-state index contributed by atoms with van der Waals surface area (Å²) in [6, 6.07) is 13.2. The Morgan fingerprint density at radius 2 is 1.90 bits per heavy atom. The lowest BCUT2D eigenvalue weighted by Crippen LogP contribution is -2.00. The van der Waals surface area contributed by atoms with Crippen LogP contribution in [0.25, 0.3) is 22.3 Å². The third kappa shape index (κ3) is 1.97. The third-order valence-corrected chi connectivity index (χ3v) is 3.50. The van der Waals surface area contributed by atoms with Crippen molar-refractivity contribution in [2.45, 2.75) is 13.8 Å². The molecule has 0 atom stereocenters. The molecule has 1 heterocycles. The molecule has 1 N–H and O–H groups in total. The first kappa shape index (κ1) is 12.5. The predicted molar refractivity (Wildman–Crippen MR) is 78.1 cm³/mol. The van der Waals surface area contributed by atoms with E-state index >= 15 is 0 Å². The minimum absolute atomic E-state index is 0.305. The predicted octanol–water partition coefficient (Wildman–Crippen LogP) is 4.41. The highest BCUT2D eigenvalue weighted by Crippen LogP contribution is 2.31. The zero-order chi connectivity index (χ0) is 14.3. The fourth-order valence-electron chi connectivity index (χ4n) is 2.43. The summed E-state index contributed by atoms with van der Waals surface area (Å²) in [4.78, 5) is 11.2. The molecule has 2 aromatic carbocycles. The minimum atomic E-state index is -0.920. The van der Waals surface area contributed by atoms with E-state index < -0.39 is 5.97 Å². The average molecular weight is 266 g/mol. The van der Waals surface area contributed by atoms with Crippen LogP contribution in [0.1, 0.15) is 21.5 Å². The highest BCUT2D eigenvalue weighted by Gasteiger charge is 2.14. The van der Waals surface area contributed by atoms with Gasteiger partial charge in [0.15, 0.2) is 0 Å². The number of carboxylic acids is 1. The fraction of sp³-hybridized carbons (Fsp3) is 0.118. The van der Waals surface area contributed by atoms with E-state index in [4.69, 9.17) is 4.42 Å². The number of rotatable bonds is 2. The number of aryl methyl sites for hydroxylation is 1. The molecule has 3 aromatic rings. The molecule has 1 aromatic heterocycles.